The normalized spacial score (nSPS) is 11.8. The maximum absolute atomic E-state index is 13.5. The molecule has 0 spiro atoms. The number of hydrogen-bond acceptors (Lipinski definition) is 7. The first kappa shape index (κ1) is 22.6. The minimum absolute atomic E-state index is 0.00240. The SMILES string of the molecule is C/C(N)=C(\C#N)C(=O)COC(=O)c1cccc(NS(=O)(=O)c2cc(F)ccc2C)c1. The van der Waals surface area contributed by atoms with Crippen LogP contribution in [0, 0.1) is 24.1 Å². The van der Waals surface area contributed by atoms with Crippen LogP contribution in [-0.4, -0.2) is 26.8 Å². The van der Waals surface area contributed by atoms with Gasteiger partial charge in [0.2, 0.25) is 5.78 Å². The summed E-state index contributed by atoms with van der Waals surface area (Å²) < 4.78 is 45.7. The largest absolute Gasteiger partial charge is 0.454 e. The van der Waals surface area contributed by atoms with Crippen molar-refractivity contribution in [3.05, 3.63) is 70.7 Å². The van der Waals surface area contributed by atoms with Crippen molar-refractivity contribution in [2.45, 2.75) is 18.7 Å². The fourth-order valence-electron chi connectivity index (χ4n) is 2.44. The van der Waals surface area contributed by atoms with Crippen LogP contribution >= 0.6 is 0 Å². The predicted molar refractivity (Wildman–Crippen MR) is 106 cm³/mol. The monoisotopic (exact) mass is 431 g/mol. The predicted octanol–water partition coefficient (Wildman–Crippen LogP) is 2.42. The molecule has 0 saturated heterocycles. The number of aryl methyl sites for hydroxylation is 1. The quantitative estimate of drug-likeness (QED) is 0.390. The van der Waals surface area contributed by atoms with E-state index in [2.05, 4.69) is 4.72 Å². The van der Waals surface area contributed by atoms with Crippen molar-refractivity contribution in [2.24, 2.45) is 5.73 Å². The molecule has 0 aliphatic rings. The molecule has 2 aromatic rings. The molecule has 0 amide bonds. The number of hydrogen-bond donors (Lipinski definition) is 2. The molecule has 3 N–H and O–H groups in total. The molecule has 30 heavy (non-hydrogen) atoms. The molecule has 2 aromatic carbocycles. The Morgan fingerprint density at radius 1 is 1.23 bits per heavy atom. The lowest BCUT2D eigenvalue weighted by molar-refractivity contribution is -0.118. The third-order valence-electron chi connectivity index (χ3n) is 3.91. The summed E-state index contributed by atoms with van der Waals surface area (Å²) in [5, 5.41) is 8.89. The number of rotatable bonds is 7. The average Bonchev–Trinajstić information content (AvgIpc) is 2.68. The Hall–Kier alpha value is -3.71. The van der Waals surface area contributed by atoms with Crippen molar-refractivity contribution < 1.29 is 27.1 Å². The van der Waals surface area contributed by atoms with Crippen LogP contribution < -0.4 is 10.5 Å². The number of nitriles is 1. The highest BCUT2D eigenvalue weighted by Gasteiger charge is 2.19. The van der Waals surface area contributed by atoms with Gasteiger partial charge in [-0.15, -0.1) is 0 Å². The van der Waals surface area contributed by atoms with Crippen LogP contribution in [0.3, 0.4) is 0 Å². The lowest BCUT2D eigenvalue weighted by Gasteiger charge is -2.11. The second-order valence-electron chi connectivity index (χ2n) is 6.27. The van der Waals surface area contributed by atoms with Gasteiger partial charge in [0, 0.05) is 11.4 Å². The molecule has 0 aromatic heterocycles. The number of ether oxygens (including phenoxy) is 1. The molecule has 0 aliphatic heterocycles. The summed E-state index contributed by atoms with van der Waals surface area (Å²) in [7, 11) is -4.11. The number of halogens is 1. The molecule has 10 heteroatoms. The third-order valence-corrected chi connectivity index (χ3v) is 5.43. The van der Waals surface area contributed by atoms with E-state index in [0.29, 0.717) is 5.56 Å². The maximum Gasteiger partial charge on any atom is 0.338 e. The van der Waals surface area contributed by atoms with Crippen molar-refractivity contribution in [1.29, 1.82) is 5.26 Å². The van der Waals surface area contributed by atoms with Crippen LogP contribution in [0.2, 0.25) is 0 Å². The summed E-state index contributed by atoms with van der Waals surface area (Å²) >= 11 is 0. The van der Waals surface area contributed by atoms with E-state index in [1.54, 1.807) is 6.07 Å². The lowest BCUT2D eigenvalue weighted by Crippen LogP contribution is -2.18. The summed E-state index contributed by atoms with van der Waals surface area (Å²) in [6.45, 7) is 2.19. The van der Waals surface area contributed by atoms with Gasteiger partial charge in [-0.3, -0.25) is 9.52 Å². The molecule has 0 aliphatic carbocycles. The van der Waals surface area contributed by atoms with Gasteiger partial charge in [0.1, 0.15) is 17.5 Å². The fourth-order valence-corrected chi connectivity index (χ4v) is 3.75. The second-order valence-corrected chi connectivity index (χ2v) is 7.92. The summed E-state index contributed by atoms with van der Waals surface area (Å²) in [6, 6.07) is 10.4. The van der Waals surface area contributed by atoms with Gasteiger partial charge in [0.25, 0.3) is 10.0 Å². The number of carbonyl (C=O) groups is 2. The van der Waals surface area contributed by atoms with Crippen molar-refractivity contribution >= 4 is 27.5 Å². The Balaban J connectivity index is 2.17. The van der Waals surface area contributed by atoms with E-state index in [1.807, 2.05) is 0 Å². The van der Waals surface area contributed by atoms with Gasteiger partial charge >= 0.3 is 5.97 Å². The maximum atomic E-state index is 13.5. The number of carbonyl (C=O) groups excluding carboxylic acids is 2. The number of anilines is 1. The Morgan fingerprint density at radius 2 is 1.93 bits per heavy atom. The number of ketones is 1. The van der Waals surface area contributed by atoms with Crippen molar-refractivity contribution in [3.8, 4) is 6.07 Å². The number of nitrogens with one attached hydrogen (secondary N) is 1. The van der Waals surface area contributed by atoms with Gasteiger partial charge in [-0.1, -0.05) is 12.1 Å². The van der Waals surface area contributed by atoms with Crippen LogP contribution in [0.4, 0.5) is 10.1 Å². The molecule has 0 fully saturated rings. The van der Waals surface area contributed by atoms with Gasteiger partial charge < -0.3 is 10.5 Å². The topological polar surface area (TPSA) is 139 Å². The van der Waals surface area contributed by atoms with Crippen molar-refractivity contribution in [2.75, 3.05) is 11.3 Å². The van der Waals surface area contributed by atoms with E-state index >= 15 is 0 Å². The average molecular weight is 431 g/mol. The van der Waals surface area contributed by atoms with Gasteiger partial charge in [-0.05, 0) is 49.7 Å². The Kier molecular flexibility index (Phi) is 6.92. The van der Waals surface area contributed by atoms with E-state index in [9.17, 15) is 22.4 Å². The van der Waals surface area contributed by atoms with Gasteiger partial charge in [-0.25, -0.2) is 17.6 Å². The molecule has 0 saturated carbocycles. The molecule has 0 bridgehead atoms. The minimum Gasteiger partial charge on any atom is -0.454 e. The number of allylic oxidation sites excluding steroid dienone is 1. The lowest BCUT2D eigenvalue weighted by atomic mass is 10.1. The fraction of sp³-hybridized carbons (Fsp3) is 0.150. The number of Topliss-reactive ketones (excluding diaryl/α,β-unsaturated/α-hetero) is 1. The van der Waals surface area contributed by atoms with Crippen LogP contribution in [0.25, 0.3) is 0 Å². The standard InChI is InChI=1S/C20H18FN3O5S/c1-12-6-7-15(21)9-19(12)30(27,28)24-16-5-3-4-14(8-16)20(26)29-11-18(25)17(10-22)13(2)23/h3-9,24H,11,23H2,1-2H3/b17-13-. The van der Waals surface area contributed by atoms with Crippen molar-refractivity contribution in [1.82, 2.24) is 0 Å². The van der Waals surface area contributed by atoms with E-state index in [4.69, 9.17) is 15.7 Å². The van der Waals surface area contributed by atoms with Crippen LogP contribution in [-0.2, 0) is 19.6 Å². The van der Waals surface area contributed by atoms with E-state index in [-0.39, 0.29) is 27.4 Å². The molecule has 156 valence electrons. The molecule has 2 rings (SSSR count). The smallest absolute Gasteiger partial charge is 0.338 e. The molecule has 0 heterocycles. The first-order chi connectivity index (χ1) is 14.0. The zero-order valence-corrected chi connectivity index (χ0v) is 16.9. The zero-order valence-electron chi connectivity index (χ0n) is 16.1. The number of nitrogens with zero attached hydrogens (tertiary/aromatic N) is 1. The highest BCUT2D eigenvalue weighted by Crippen LogP contribution is 2.21. The number of nitrogens with two attached hydrogens (primary N) is 1. The highest BCUT2D eigenvalue weighted by molar-refractivity contribution is 7.92. The summed E-state index contributed by atoms with van der Waals surface area (Å²) in [6.07, 6.45) is 0. The Morgan fingerprint density at radius 3 is 2.57 bits per heavy atom. The highest BCUT2D eigenvalue weighted by atomic mass is 32.2. The Labute approximate surface area is 172 Å². The van der Waals surface area contributed by atoms with Crippen LogP contribution in [0.1, 0.15) is 22.8 Å². The van der Waals surface area contributed by atoms with Gasteiger partial charge in [0.15, 0.2) is 6.61 Å². The zero-order chi connectivity index (χ0) is 22.5. The number of esters is 1. The van der Waals surface area contributed by atoms with E-state index in [1.165, 1.54) is 44.2 Å². The Bertz CT molecular complexity index is 1180. The first-order valence-electron chi connectivity index (χ1n) is 8.51. The first-order valence-corrected chi connectivity index (χ1v) is 9.99. The molecule has 0 radical (unpaired) electrons. The van der Waals surface area contributed by atoms with Gasteiger partial charge in [-0.2, -0.15) is 5.26 Å². The second kappa shape index (κ2) is 9.19. The number of sulfonamides is 1. The number of benzene rings is 2. The summed E-state index contributed by atoms with van der Waals surface area (Å²) in [5.41, 5.74) is 5.45. The van der Waals surface area contributed by atoms with Crippen LogP contribution in [0.5, 0.6) is 0 Å². The summed E-state index contributed by atoms with van der Waals surface area (Å²) in [5.74, 6) is -2.37. The van der Waals surface area contributed by atoms with Gasteiger partial charge in [0.05, 0.1) is 10.5 Å². The summed E-state index contributed by atoms with van der Waals surface area (Å²) in [4.78, 5) is 23.8. The van der Waals surface area contributed by atoms with Crippen LogP contribution in [0.15, 0.2) is 58.6 Å². The van der Waals surface area contributed by atoms with E-state index in [0.717, 1.165) is 12.1 Å². The molecular formula is C20H18FN3O5S. The van der Waals surface area contributed by atoms with Crippen molar-refractivity contribution in [3.63, 3.8) is 0 Å². The third kappa shape index (κ3) is 5.42. The molecule has 0 atom stereocenters. The molecular weight excluding hydrogens is 413 g/mol. The van der Waals surface area contributed by atoms with E-state index < -0.39 is 34.2 Å². The molecule has 8 nitrogen and oxygen atoms in total. The molecule has 0 unspecified atom stereocenters. The minimum atomic E-state index is -4.11.